The van der Waals surface area contributed by atoms with Gasteiger partial charge in [-0.25, -0.2) is 9.97 Å². The van der Waals surface area contributed by atoms with Crippen molar-refractivity contribution >= 4 is 11.6 Å². The lowest BCUT2D eigenvalue weighted by atomic mass is 10.3. The van der Waals surface area contributed by atoms with Gasteiger partial charge in [-0.1, -0.05) is 13.3 Å². The van der Waals surface area contributed by atoms with E-state index in [1.807, 2.05) is 6.07 Å². The molecule has 5 heteroatoms. The third-order valence-electron chi connectivity index (χ3n) is 3.04. The van der Waals surface area contributed by atoms with Gasteiger partial charge >= 0.3 is 0 Å². The van der Waals surface area contributed by atoms with Crippen molar-refractivity contribution in [2.45, 2.75) is 32.2 Å². The number of nitrogens with one attached hydrogen (secondary N) is 1. The molecule has 2 rings (SSSR count). The summed E-state index contributed by atoms with van der Waals surface area (Å²) in [6, 6.07) is 2.29. The molecule has 0 aromatic carbocycles. The quantitative estimate of drug-likeness (QED) is 0.751. The lowest BCUT2D eigenvalue weighted by Gasteiger charge is -2.17. The normalized spacial score (nSPS) is 19.6. The standard InChI is InChI=1S/C12H21N5/c1-2-3-5-14-11-7-12(16-9-15-11)17-6-4-10(13)8-17/h7,9-10H,2-6,8,13H2,1H3,(H,14,15,16). The van der Waals surface area contributed by atoms with Crippen LogP contribution in [0.4, 0.5) is 11.6 Å². The average molecular weight is 235 g/mol. The molecule has 5 nitrogen and oxygen atoms in total. The second-order valence-electron chi connectivity index (χ2n) is 4.54. The van der Waals surface area contributed by atoms with Crippen molar-refractivity contribution in [3.63, 3.8) is 0 Å². The summed E-state index contributed by atoms with van der Waals surface area (Å²) in [5.41, 5.74) is 5.90. The number of nitrogens with zero attached hydrogens (tertiary/aromatic N) is 3. The van der Waals surface area contributed by atoms with E-state index in [1.165, 1.54) is 6.42 Å². The van der Waals surface area contributed by atoms with E-state index in [9.17, 15) is 0 Å². The van der Waals surface area contributed by atoms with E-state index in [1.54, 1.807) is 6.33 Å². The zero-order valence-corrected chi connectivity index (χ0v) is 10.4. The monoisotopic (exact) mass is 235 g/mol. The maximum atomic E-state index is 5.90. The van der Waals surface area contributed by atoms with Gasteiger partial charge in [-0.05, 0) is 12.8 Å². The van der Waals surface area contributed by atoms with Crippen LogP contribution >= 0.6 is 0 Å². The van der Waals surface area contributed by atoms with Crippen molar-refractivity contribution in [3.8, 4) is 0 Å². The van der Waals surface area contributed by atoms with Gasteiger partial charge in [0.2, 0.25) is 0 Å². The molecule has 2 heterocycles. The molecular formula is C12H21N5. The minimum atomic E-state index is 0.279. The summed E-state index contributed by atoms with van der Waals surface area (Å²) in [5.74, 6) is 1.89. The van der Waals surface area contributed by atoms with Crippen LogP contribution in [0.3, 0.4) is 0 Å². The van der Waals surface area contributed by atoms with Crippen molar-refractivity contribution in [1.29, 1.82) is 0 Å². The van der Waals surface area contributed by atoms with Gasteiger partial charge in [-0.15, -0.1) is 0 Å². The van der Waals surface area contributed by atoms with Crippen molar-refractivity contribution in [2.75, 3.05) is 29.9 Å². The fourth-order valence-electron chi connectivity index (χ4n) is 2.01. The molecule has 0 spiro atoms. The maximum absolute atomic E-state index is 5.90. The van der Waals surface area contributed by atoms with E-state index in [0.717, 1.165) is 44.1 Å². The van der Waals surface area contributed by atoms with Crippen LogP contribution < -0.4 is 16.0 Å². The molecule has 1 aromatic rings. The predicted octanol–water partition coefficient (Wildman–Crippen LogP) is 1.23. The first kappa shape index (κ1) is 12.1. The van der Waals surface area contributed by atoms with Crippen LogP contribution in [0.2, 0.25) is 0 Å². The number of hydrogen-bond donors (Lipinski definition) is 2. The highest BCUT2D eigenvalue weighted by atomic mass is 15.2. The highest BCUT2D eigenvalue weighted by molar-refractivity contribution is 5.49. The van der Waals surface area contributed by atoms with Crippen LogP contribution in [0.15, 0.2) is 12.4 Å². The van der Waals surface area contributed by atoms with Gasteiger partial charge in [-0.3, -0.25) is 0 Å². The van der Waals surface area contributed by atoms with Crippen molar-refractivity contribution in [1.82, 2.24) is 9.97 Å². The number of aromatic nitrogens is 2. The molecule has 1 unspecified atom stereocenters. The molecule has 1 atom stereocenters. The van der Waals surface area contributed by atoms with Crippen molar-refractivity contribution in [3.05, 3.63) is 12.4 Å². The number of hydrogen-bond acceptors (Lipinski definition) is 5. The lowest BCUT2D eigenvalue weighted by molar-refractivity contribution is 0.751. The van der Waals surface area contributed by atoms with Crippen LogP contribution in [0.25, 0.3) is 0 Å². The Morgan fingerprint density at radius 1 is 1.53 bits per heavy atom. The smallest absolute Gasteiger partial charge is 0.134 e. The summed E-state index contributed by atoms with van der Waals surface area (Å²) < 4.78 is 0. The molecule has 1 aliphatic rings. The molecule has 0 amide bonds. The van der Waals surface area contributed by atoms with Gasteiger partial charge in [-0.2, -0.15) is 0 Å². The summed E-state index contributed by atoms with van der Waals surface area (Å²) in [5, 5.41) is 3.31. The lowest BCUT2D eigenvalue weighted by Crippen LogP contribution is -2.27. The first-order valence-corrected chi connectivity index (χ1v) is 6.36. The Kier molecular flexibility index (Phi) is 4.14. The molecule has 3 N–H and O–H groups in total. The van der Waals surface area contributed by atoms with Crippen LogP contribution in [-0.2, 0) is 0 Å². The fourth-order valence-corrected chi connectivity index (χ4v) is 2.01. The highest BCUT2D eigenvalue weighted by Gasteiger charge is 2.20. The molecule has 0 bridgehead atoms. The zero-order valence-electron chi connectivity index (χ0n) is 10.4. The van der Waals surface area contributed by atoms with E-state index in [-0.39, 0.29) is 6.04 Å². The van der Waals surface area contributed by atoms with Gasteiger partial charge in [0.15, 0.2) is 0 Å². The van der Waals surface area contributed by atoms with Crippen molar-refractivity contribution in [2.24, 2.45) is 5.73 Å². The molecule has 1 saturated heterocycles. The molecule has 17 heavy (non-hydrogen) atoms. The molecule has 94 valence electrons. The third kappa shape index (κ3) is 3.30. The average Bonchev–Trinajstić information content (AvgIpc) is 2.77. The van der Waals surface area contributed by atoms with Crippen LogP contribution in [0.5, 0.6) is 0 Å². The first-order valence-electron chi connectivity index (χ1n) is 6.36. The Morgan fingerprint density at radius 2 is 2.41 bits per heavy atom. The summed E-state index contributed by atoms with van der Waals surface area (Å²) in [4.78, 5) is 10.7. The Hall–Kier alpha value is -1.36. The van der Waals surface area contributed by atoms with Crippen molar-refractivity contribution < 1.29 is 0 Å². The van der Waals surface area contributed by atoms with E-state index >= 15 is 0 Å². The second kappa shape index (κ2) is 5.82. The number of rotatable bonds is 5. The van der Waals surface area contributed by atoms with Gasteiger partial charge in [0.25, 0.3) is 0 Å². The Labute approximate surface area is 102 Å². The molecule has 1 aromatic heterocycles. The Balaban J connectivity index is 1.96. The minimum absolute atomic E-state index is 0.279. The molecular weight excluding hydrogens is 214 g/mol. The zero-order chi connectivity index (χ0) is 12.1. The molecule has 0 aliphatic carbocycles. The summed E-state index contributed by atoms with van der Waals surface area (Å²) in [7, 11) is 0. The molecule has 0 radical (unpaired) electrons. The summed E-state index contributed by atoms with van der Waals surface area (Å²) in [6.07, 6.45) is 5.01. The molecule has 1 aliphatic heterocycles. The van der Waals surface area contributed by atoms with Crippen LogP contribution in [0, 0.1) is 0 Å². The topological polar surface area (TPSA) is 67.1 Å². The van der Waals surface area contributed by atoms with Crippen LogP contribution in [0.1, 0.15) is 26.2 Å². The predicted molar refractivity (Wildman–Crippen MR) is 70.2 cm³/mol. The number of unbranched alkanes of at least 4 members (excludes halogenated alkanes) is 1. The fraction of sp³-hybridized carbons (Fsp3) is 0.667. The largest absolute Gasteiger partial charge is 0.370 e. The molecule has 0 saturated carbocycles. The Bertz CT molecular complexity index is 355. The van der Waals surface area contributed by atoms with Gasteiger partial charge in [0.05, 0.1) is 0 Å². The number of anilines is 2. The number of nitrogens with two attached hydrogens (primary N) is 1. The first-order chi connectivity index (χ1) is 8.29. The van der Waals surface area contributed by atoms with Crippen LogP contribution in [-0.4, -0.2) is 35.6 Å². The van der Waals surface area contributed by atoms with E-state index in [4.69, 9.17) is 5.73 Å². The highest BCUT2D eigenvalue weighted by Crippen LogP contribution is 2.18. The minimum Gasteiger partial charge on any atom is -0.370 e. The van der Waals surface area contributed by atoms with E-state index in [0.29, 0.717) is 0 Å². The Morgan fingerprint density at radius 3 is 3.12 bits per heavy atom. The SMILES string of the molecule is CCCCNc1cc(N2CCC(N)C2)ncn1. The summed E-state index contributed by atoms with van der Waals surface area (Å²) >= 11 is 0. The third-order valence-corrected chi connectivity index (χ3v) is 3.04. The van der Waals surface area contributed by atoms with E-state index < -0.39 is 0 Å². The van der Waals surface area contributed by atoms with Gasteiger partial charge in [0, 0.05) is 31.7 Å². The van der Waals surface area contributed by atoms with E-state index in [2.05, 4.69) is 27.1 Å². The summed E-state index contributed by atoms with van der Waals surface area (Å²) in [6.45, 7) is 5.03. The maximum Gasteiger partial charge on any atom is 0.134 e. The second-order valence-corrected chi connectivity index (χ2v) is 4.54. The molecule has 1 fully saturated rings. The van der Waals surface area contributed by atoms with Gasteiger partial charge < -0.3 is 16.0 Å². The van der Waals surface area contributed by atoms with Gasteiger partial charge in [0.1, 0.15) is 18.0 Å².